The molecule has 0 aliphatic carbocycles. The number of rotatable bonds is 2. The number of thiophene rings is 1. The summed E-state index contributed by atoms with van der Waals surface area (Å²) in [6.07, 6.45) is 1.85. The molecule has 5 heteroatoms. The zero-order valence-electron chi connectivity index (χ0n) is 6.77. The average molecular weight is 214 g/mol. The second-order valence-corrected chi connectivity index (χ2v) is 4.24. The lowest BCUT2D eigenvalue weighted by atomic mass is 10.3. The molecule has 2 rings (SSSR count). The SMILES string of the molecule is Nc1ccn(Cc2csc(Cl)c2)n1. The van der Waals surface area contributed by atoms with Gasteiger partial charge in [0.1, 0.15) is 5.82 Å². The summed E-state index contributed by atoms with van der Waals surface area (Å²) in [5, 5.41) is 6.09. The van der Waals surface area contributed by atoms with E-state index in [1.165, 1.54) is 11.3 Å². The summed E-state index contributed by atoms with van der Waals surface area (Å²) in [5.41, 5.74) is 6.63. The lowest BCUT2D eigenvalue weighted by Crippen LogP contribution is -1.99. The summed E-state index contributed by atoms with van der Waals surface area (Å²) in [6.45, 7) is 0.723. The van der Waals surface area contributed by atoms with Crippen LogP contribution in [0.2, 0.25) is 4.34 Å². The fourth-order valence-corrected chi connectivity index (χ4v) is 1.98. The van der Waals surface area contributed by atoms with Crippen molar-refractivity contribution in [3.63, 3.8) is 0 Å². The zero-order valence-corrected chi connectivity index (χ0v) is 8.35. The maximum Gasteiger partial charge on any atom is 0.145 e. The van der Waals surface area contributed by atoms with Crippen molar-refractivity contribution in [1.29, 1.82) is 0 Å². The summed E-state index contributed by atoms with van der Waals surface area (Å²) < 4.78 is 2.59. The molecule has 2 aromatic heterocycles. The molecule has 0 aliphatic rings. The molecule has 0 unspecified atom stereocenters. The Bertz CT molecular complexity index is 369. The van der Waals surface area contributed by atoms with Gasteiger partial charge in [0.25, 0.3) is 0 Å². The van der Waals surface area contributed by atoms with E-state index in [2.05, 4.69) is 5.10 Å². The molecule has 2 N–H and O–H groups in total. The first-order valence-electron chi connectivity index (χ1n) is 3.76. The molecule has 0 spiro atoms. The van der Waals surface area contributed by atoms with E-state index >= 15 is 0 Å². The van der Waals surface area contributed by atoms with Crippen LogP contribution in [0.3, 0.4) is 0 Å². The van der Waals surface area contributed by atoms with Gasteiger partial charge in [-0.3, -0.25) is 4.68 Å². The number of nitrogen functional groups attached to an aromatic ring is 1. The second kappa shape index (κ2) is 3.40. The van der Waals surface area contributed by atoms with E-state index in [0.29, 0.717) is 5.82 Å². The lowest BCUT2D eigenvalue weighted by Gasteiger charge is -1.96. The fraction of sp³-hybridized carbons (Fsp3) is 0.125. The molecule has 0 saturated heterocycles. The summed E-state index contributed by atoms with van der Waals surface area (Å²) in [5.74, 6) is 0.543. The van der Waals surface area contributed by atoms with E-state index in [9.17, 15) is 0 Å². The minimum Gasteiger partial charge on any atom is -0.382 e. The number of nitrogens with two attached hydrogens (primary N) is 1. The van der Waals surface area contributed by atoms with Crippen LogP contribution in [-0.2, 0) is 6.54 Å². The van der Waals surface area contributed by atoms with Crippen molar-refractivity contribution in [2.24, 2.45) is 0 Å². The molecular weight excluding hydrogens is 206 g/mol. The first-order valence-corrected chi connectivity index (χ1v) is 5.01. The topological polar surface area (TPSA) is 43.8 Å². The highest BCUT2D eigenvalue weighted by Crippen LogP contribution is 2.20. The molecule has 2 aromatic rings. The van der Waals surface area contributed by atoms with E-state index < -0.39 is 0 Å². The van der Waals surface area contributed by atoms with Crippen molar-refractivity contribution in [2.75, 3.05) is 5.73 Å². The van der Waals surface area contributed by atoms with Gasteiger partial charge in [0.15, 0.2) is 0 Å². The van der Waals surface area contributed by atoms with Gasteiger partial charge in [-0.25, -0.2) is 0 Å². The molecular formula is C8H8ClN3S. The van der Waals surface area contributed by atoms with Crippen molar-refractivity contribution < 1.29 is 0 Å². The van der Waals surface area contributed by atoms with Gasteiger partial charge in [-0.1, -0.05) is 11.6 Å². The lowest BCUT2D eigenvalue weighted by molar-refractivity contribution is 0.692. The Labute approximate surface area is 84.7 Å². The van der Waals surface area contributed by atoms with E-state index in [0.717, 1.165) is 16.4 Å². The van der Waals surface area contributed by atoms with E-state index in [1.54, 1.807) is 10.7 Å². The fourth-order valence-electron chi connectivity index (χ4n) is 1.08. The van der Waals surface area contributed by atoms with Gasteiger partial charge >= 0.3 is 0 Å². The molecule has 0 aliphatic heterocycles. The van der Waals surface area contributed by atoms with Crippen LogP contribution in [0.1, 0.15) is 5.56 Å². The zero-order chi connectivity index (χ0) is 9.26. The molecule has 0 atom stereocenters. The Balaban J connectivity index is 2.14. The highest BCUT2D eigenvalue weighted by Gasteiger charge is 1.99. The molecule has 13 heavy (non-hydrogen) atoms. The molecule has 0 aromatic carbocycles. The van der Waals surface area contributed by atoms with Crippen molar-refractivity contribution in [3.8, 4) is 0 Å². The standard InChI is InChI=1S/C8H8ClN3S/c9-7-3-6(5-13-7)4-12-2-1-8(10)11-12/h1-3,5H,4H2,(H2,10,11). The minimum absolute atomic E-state index is 0.543. The third-order valence-electron chi connectivity index (χ3n) is 1.63. The molecule has 0 bridgehead atoms. The van der Waals surface area contributed by atoms with Crippen molar-refractivity contribution >= 4 is 28.8 Å². The van der Waals surface area contributed by atoms with Gasteiger partial charge in [-0.2, -0.15) is 5.10 Å². The molecule has 68 valence electrons. The van der Waals surface area contributed by atoms with Crippen LogP contribution < -0.4 is 5.73 Å². The Hall–Kier alpha value is -1.00. The first kappa shape index (κ1) is 8.59. The van der Waals surface area contributed by atoms with Gasteiger partial charge in [0.2, 0.25) is 0 Å². The summed E-state index contributed by atoms with van der Waals surface area (Å²) in [7, 11) is 0. The van der Waals surface area contributed by atoms with Crippen LogP contribution >= 0.6 is 22.9 Å². The van der Waals surface area contributed by atoms with Crippen LogP contribution in [-0.4, -0.2) is 9.78 Å². The van der Waals surface area contributed by atoms with Gasteiger partial charge < -0.3 is 5.73 Å². The second-order valence-electron chi connectivity index (χ2n) is 2.70. The first-order chi connectivity index (χ1) is 6.24. The molecule has 0 amide bonds. The van der Waals surface area contributed by atoms with Crippen LogP contribution in [0.15, 0.2) is 23.7 Å². The van der Waals surface area contributed by atoms with E-state index in [4.69, 9.17) is 17.3 Å². The number of hydrogen-bond donors (Lipinski definition) is 1. The third kappa shape index (κ3) is 2.02. The van der Waals surface area contributed by atoms with Crippen molar-refractivity contribution in [2.45, 2.75) is 6.54 Å². The van der Waals surface area contributed by atoms with Gasteiger partial charge in [0.05, 0.1) is 10.9 Å². The Kier molecular flexibility index (Phi) is 2.24. The van der Waals surface area contributed by atoms with Crippen LogP contribution in [0.5, 0.6) is 0 Å². The Morgan fingerprint density at radius 3 is 3.00 bits per heavy atom. The summed E-state index contributed by atoms with van der Waals surface area (Å²) >= 11 is 7.32. The van der Waals surface area contributed by atoms with Crippen LogP contribution in [0.25, 0.3) is 0 Å². The molecule has 0 radical (unpaired) electrons. The summed E-state index contributed by atoms with van der Waals surface area (Å²) in [4.78, 5) is 0. The quantitative estimate of drug-likeness (QED) is 0.832. The average Bonchev–Trinajstić information content (AvgIpc) is 2.62. The van der Waals surface area contributed by atoms with Crippen molar-refractivity contribution in [1.82, 2.24) is 9.78 Å². The highest BCUT2D eigenvalue weighted by atomic mass is 35.5. The number of anilines is 1. The Morgan fingerprint density at radius 2 is 2.46 bits per heavy atom. The van der Waals surface area contributed by atoms with Crippen molar-refractivity contribution in [3.05, 3.63) is 33.6 Å². The minimum atomic E-state index is 0.543. The molecule has 0 saturated carbocycles. The Morgan fingerprint density at radius 1 is 1.62 bits per heavy atom. The maximum atomic E-state index is 5.80. The number of nitrogens with zero attached hydrogens (tertiary/aromatic N) is 2. The third-order valence-corrected chi connectivity index (χ3v) is 2.77. The number of hydrogen-bond acceptors (Lipinski definition) is 3. The molecule has 2 heterocycles. The normalized spacial score (nSPS) is 10.5. The highest BCUT2D eigenvalue weighted by molar-refractivity contribution is 7.14. The van der Waals surface area contributed by atoms with E-state index in [-0.39, 0.29) is 0 Å². The monoisotopic (exact) mass is 213 g/mol. The predicted molar refractivity (Wildman–Crippen MR) is 55.1 cm³/mol. The number of aromatic nitrogens is 2. The molecule has 0 fully saturated rings. The number of halogens is 1. The van der Waals surface area contributed by atoms with Gasteiger partial charge in [0, 0.05) is 6.20 Å². The van der Waals surface area contributed by atoms with Crippen LogP contribution in [0, 0.1) is 0 Å². The van der Waals surface area contributed by atoms with E-state index in [1.807, 2.05) is 17.6 Å². The maximum absolute atomic E-state index is 5.80. The van der Waals surface area contributed by atoms with Gasteiger partial charge in [-0.05, 0) is 23.1 Å². The largest absolute Gasteiger partial charge is 0.382 e. The summed E-state index contributed by atoms with van der Waals surface area (Å²) in [6, 6.07) is 3.71. The van der Waals surface area contributed by atoms with Gasteiger partial charge in [-0.15, -0.1) is 11.3 Å². The van der Waals surface area contributed by atoms with Crippen LogP contribution in [0.4, 0.5) is 5.82 Å². The molecule has 3 nitrogen and oxygen atoms in total. The smallest absolute Gasteiger partial charge is 0.145 e. The predicted octanol–water partition coefficient (Wildman–Crippen LogP) is 2.23.